The molecule has 0 atom stereocenters. The Kier molecular flexibility index (Phi) is 4.94. The summed E-state index contributed by atoms with van der Waals surface area (Å²) in [5.41, 5.74) is 4.10. The molecule has 0 fully saturated rings. The number of aromatic nitrogens is 4. The summed E-state index contributed by atoms with van der Waals surface area (Å²) in [6.45, 7) is 8.05. The Labute approximate surface area is 155 Å². The van der Waals surface area contributed by atoms with Gasteiger partial charge in [0.15, 0.2) is 0 Å². The molecule has 3 rings (SSSR count). The minimum absolute atomic E-state index is 0.143. The van der Waals surface area contributed by atoms with Gasteiger partial charge < -0.3 is 10.1 Å². The fourth-order valence-corrected chi connectivity index (χ4v) is 3.13. The normalized spacial score (nSPS) is 11.7. The Morgan fingerprint density at radius 2 is 2.04 bits per heavy atom. The fraction of sp³-hybridized carbons (Fsp3) is 0.389. The molecular weight excluding hydrogens is 382 g/mol. The Bertz CT molecular complexity index is 885. The van der Waals surface area contributed by atoms with Crippen LogP contribution in [0.3, 0.4) is 0 Å². The van der Waals surface area contributed by atoms with Crippen LogP contribution in [0.4, 0.5) is 5.69 Å². The van der Waals surface area contributed by atoms with Gasteiger partial charge in [-0.25, -0.2) is 9.67 Å². The summed E-state index contributed by atoms with van der Waals surface area (Å²) in [6.07, 6.45) is 1.74. The first kappa shape index (κ1) is 17.7. The van der Waals surface area contributed by atoms with E-state index in [0.717, 1.165) is 33.3 Å². The molecule has 0 bridgehead atoms. The molecule has 0 aliphatic carbocycles. The summed E-state index contributed by atoms with van der Waals surface area (Å²) in [5, 5.41) is 12.1. The van der Waals surface area contributed by atoms with Gasteiger partial charge in [0, 0.05) is 25.4 Å². The summed E-state index contributed by atoms with van der Waals surface area (Å²) in [4.78, 5) is 4.12. The molecular formula is C18H22BrN5O. The largest absolute Gasteiger partial charge is 0.481 e. The summed E-state index contributed by atoms with van der Waals surface area (Å²) in [7, 11) is 1.62. The van der Waals surface area contributed by atoms with E-state index in [1.165, 1.54) is 0 Å². The van der Waals surface area contributed by atoms with Gasteiger partial charge in [-0.1, -0.05) is 26.0 Å². The van der Waals surface area contributed by atoms with Crippen LogP contribution in [0, 0.1) is 5.41 Å². The first-order valence-electron chi connectivity index (χ1n) is 8.12. The zero-order valence-corrected chi connectivity index (χ0v) is 16.5. The number of rotatable bonds is 5. The number of anilines is 1. The number of pyridine rings is 1. The fourth-order valence-electron chi connectivity index (χ4n) is 2.58. The van der Waals surface area contributed by atoms with Gasteiger partial charge in [0.05, 0.1) is 22.8 Å². The maximum absolute atomic E-state index is 5.16. The van der Waals surface area contributed by atoms with Crippen molar-refractivity contribution in [2.45, 2.75) is 33.9 Å². The van der Waals surface area contributed by atoms with Crippen molar-refractivity contribution in [3.63, 3.8) is 0 Å². The van der Waals surface area contributed by atoms with Crippen LogP contribution in [0.25, 0.3) is 11.0 Å². The highest BCUT2D eigenvalue weighted by Crippen LogP contribution is 2.31. The molecule has 7 heteroatoms. The first-order chi connectivity index (χ1) is 11.9. The Balaban J connectivity index is 1.82. The van der Waals surface area contributed by atoms with Gasteiger partial charge in [0.25, 0.3) is 0 Å². The van der Waals surface area contributed by atoms with E-state index in [0.29, 0.717) is 12.4 Å². The average molecular weight is 404 g/mol. The molecule has 0 saturated heterocycles. The molecule has 0 aliphatic rings. The molecule has 0 aliphatic heterocycles. The minimum Gasteiger partial charge on any atom is -0.481 e. The van der Waals surface area contributed by atoms with Crippen molar-refractivity contribution in [1.82, 2.24) is 20.0 Å². The number of benzene rings is 1. The van der Waals surface area contributed by atoms with Crippen molar-refractivity contribution < 1.29 is 4.74 Å². The van der Waals surface area contributed by atoms with Gasteiger partial charge in [0.2, 0.25) is 5.88 Å². The quantitative estimate of drug-likeness (QED) is 0.689. The number of fused-ring (bicyclic) bond motifs is 1. The SMILES string of the molecule is COc1cc(CNc2ccc3c(nnn3CC(C)(C)C)c2Br)ccn1. The third-order valence-corrected chi connectivity index (χ3v) is 4.54. The van der Waals surface area contributed by atoms with Gasteiger partial charge >= 0.3 is 0 Å². The van der Waals surface area contributed by atoms with Crippen molar-refractivity contribution in [1.29, 1.82) is 0 Å². The van der Waals surface area contributed by atoms with Crippen LogP contribution < -0.4 is 10.1 Å². The lowest BCUT2D eigenvalue weighted by Crippen LogP contribution is -2.16. The Morgan fingerprint density at radius 1 is 1.24 bits per heavy atom. The lowest BCUT2D eigenvalue weighted by molar-refractivity contribution is 0.327. The topological polar surface area (TPSA) is 64.9 Å². The van der Waals surface area contributed by atoms with Gasteiger partial charge in [-0.2, -0.15) is 0 Å². The molecule has 132 valence electrons. The van der Waals surface area contributed by atoms with E-state index in [2.05, 4.69) is 63.4 Å². The van der Waals surface area contributed by atoms with Gasteiger partial charge in [0.1, 0.15) is 5.52 Å². The van der Waals surface area contributed by atoms with Crippen LogP contribution in [0.2, 0.25) is 0 Å². The highest BCUT2D eigenvalue weighted by Gasteiger charge is 2.17. The molecule has 25 heavy (non-hydrogen) atoms. The average Bonchev–Trinajstić information content (AvgIpc) is 2.96. The van der Waals surface area contributed by atoms with Crippen LogP contribution in [0.15, 0.2) is 34.9 Å². The van der Waals surface area contributed by atoms with Crippen molar-refractivity contribution in [2.24, 2.45) is 5.41 Å². The summed E-state index contributed by atoms with van der Waals surface area (Å²) in [6, 6.07) is 7.98. The van der Waals surface area contributed by atoms with Gasteiger partial charge in [-0.3, -0.25) is 0 Å². The number of halogens is 1. The van der Waals surface area contributed by atoms with E-state index in [9.17, 15) is 0 Å². The van der Waals surface area contributed by atoms with Crippen LogP contribution in [-0.2, 0) is 13.1 Å². The monoisotopic (exact) mass is 403 g/mol. The van der Waals surface area contributed by atoms with E-state index in [1.807, 2.05) is 22.9 Å². The summed E-state index contributed by atoms with van der Waals surface area (Å²) in [5.74, 6) is 0.610. The zero-order valence-electron chi connectivity index (χ0n) is 14.9. The lowest BCUT2D eigenvalue weighted by Gasteiger charge is -2.18. The molecule has 2 aromatic heterocycles. The molecule has 2 heterocycles. The second-order valence-electron chi connectivity index (χ2n) is 7.16. The van der Waals surface area contributed by atoms with Crippen molar-refractivity contribution >= 4 is 32.7 Å². The number of hydrogen-bond acceptors (Lipinski definition) is 5. The zero-order chi connectivity index (χ0) is 18.0. The predicted octanol–water partition coefficient (Wildman–Crippen LogP) is 4.26. The van der Waals surface area contributed by atoms with Crippen molar-refractivity contribution in [2.75, 3.05) is 12.4 Å². The Hall–Kier alpha value is -2.15. The van der Waals surface area contributed by atoms with Crippen molar-refractivity contribution in [3.05, 3.63) is 40.5 Å². The van der Waals surface area contributed by atoms with Crippen LogP contribution >= 0.6 is 15.9 Å². The summed E-state index contributed by atoms with van der Waals surface area (Å²) >= 11 is 3.66. The van der Waals surface area contributed by atoms with Gasteiger partial charge in [-0.05, 0) is 45.1 Å². The highest BCUT2D eigenvalue weighted by atomic mass is 79.9. The van der Waals surface area contributed by atoms with E-state index < -0.39 is 0 Å². The molecule has 0 spiro atoms. The molecule has 0 unspecified atom stereocenters. The number of nitrogens with zero attached hydrogens (tertiary/aromatic N) is 4. The molecule has 0 saturated carbocycles. The number of methoxy groups -OCH3 is 1. The minimum atomic E-state index is 0.143. The molecule has 0 amide bonds. The van der Waals surface area contributed by atoms with E-state index in [1.54, 1.807) is 13.3 Å². The van der Waals surface area contributed by atoms with E-state index in [-0.39, 0.29) is 5.41 Å². The number of nitrogens with one attached hydrogen (secondary N) is 1. The second kappa shape index (κ2) is 7.00. The van der Waals surface area contributed by atoms with Gasteiger partial charge in [-0.15, -0.1) is 5.10 Å². The first-order valence-corrected chi connectivity index (χ1v) is 8.91. The highest BCUT2D eigenvalue weighted by molar-refractivity contribution is 9.10. The second-order valence-corrected chi connectivity index (χ2v) is 7.96. The van der Waals surface area contributed by atoms with E-state index in [4.69, 9.17) is 4.74 Å². The maximum Gasteiger partial charge on any atom is 0.213 e. The molecule has 3 aromatic rings. The standard InChI is InChI=1S/C18H22BrN5O/c1-18(2,3)11-24-14-6-5-13(16(19)17(14)22-23-24)21-10-12-7-8-20-15(9-12)25-4/h5-9,21H,10-11H2,1-4H3. The maximum atomic E-state index is 5.16. The van der Waals surface area contributed by atoms with Crippen LogP contribution in [0.1, 0.15) is 26.3 Å². The molecule has 1 N–H and O–H groups in total. The number of ether oxygens (including phenoxy) is 1. The van der Waals surface area contributed by atoms with E-state index >= 15 is 0 Å². The molecule has 6 nitrogen and oxygen atoms in total. The van der Waals surface area contributed by atoms with Crippen molar-refractivity contribution in [3.8, 4) is 5.88 Å². The summed E-state index contributed by atoms with van der Waals surface area (Å²) < 4.78 is 8.04. The molecule has 0 radical (unpaired) electrons. The van der Waals surface area contributed by atoms with Crippen LogP contribution in [-0.4, -0.2) is 27.1 Å². The smallest absolute Gasteiger partial charge is 0.213 e. The van der Waals surface area contributed by atoms with Crippen LogP contribution in [0.5, 0.6) is 5.88 Å². The Morgan fingerprint density at radius 3 is 2.76 bits per heavy atom. The lowest BCUT2D eigenvalue weighted by atomic mass is 9.97. The molecule has 1 aromatic carbocycles. The third-order valence-electron chi connectivity index (χ3n) is 3.74. The number of hydrogen-bond donors (Lipinski definition) is 1. The predicted molar refractivity (Wildman–Crippen MR) is 103 cm³/mol. The third kappa shape index (κ3) is 4.10.